The first-order valence-electron chi connectivity index (χ1n) is 15.1. The van der Waals surface area contributed by atoms with E-state index in [1.54, 1.807) is 0 Å². The molecule has 3 fully saturated rings. The molecule has 1 N–H and O–H groups in total. The van der Waals surface area contributed by atoms with Gasteiger partial charge in [0.2, 0.25) is 5.91 Å². The number of carbonyl (C=O) groups is 3. The Bertz CT molecular complexity index is 1130. The summed E-state index contributed by atoms with van der Waals surface area (Å²) in [4.78, 5) is 39.7. The zero-order valence-corrected chi connectivity index (χ0v) is 24.9. The van der Waals surface area contributed by atoms with Crippen molar-refractivity contribution in [2.24, 2.45) is 45.8 Å². The first-order valence-corrected chi connectivity index (χ1v) is 15.1. The van der Waals surface area contributed by atoms with Crippen molar-refractivity contribution in [3.63, 3.8) is 0 Å². The van der Waals surface area contributed by atoms with Crippen LogP contribution in [0.2, 0.25) is 0 Å². The quantitative estimate of drug-likeness (QED) is 0.437. The Morgan fingerprint density at radius 2 is 1.68 bits per heavy atom. The summed E-state index contributed by atoms with van der Waals surface area (Å²) in [5.41, 5.74) is 0.643. The van der Waals surface area contributed by atoms with E-state index >= 15 is 0 Å². The molecule has 0 aromatic rings. The largest absolute Gasteiger partial charge is 0.350 e. The molecule has 5 heteroatoms. The first kappa shape index (κ1) is 28.8. The minimum absolute atomic E-state index is 0.0530. The average molecular weight is 521 g/mol. The van der Waals surface area contributed by atoms with Gasteiger partial charge in [0.05, 0.1) is 5.57 Å². The third-order valence-electron chi connectivity index (χ3n) is 11.4. The fourth-order valence-corrected chi connectivity index (χ4v) is 9.48. The zero-order chi connectivity index (χ0) is 28.3. The van der Waals surface area contributed by atoms with Crippen molar-refractivity contribution in [3.8, 4) is 6.07 Å². The van der Waals surface area contributed by atoms with Crippen molar-refractivity contribution in [2.75, 3.05) is 0 Å². The summed E-state index contributed by atoms with van der Waals surface area (Å²) >= 11 is 0. The van der Waals surface area contributed by atoms with Crippen LogP contribution in [-0.2, 0) is 14.4 Å². The number of ketones is 2. The third-order valence-corrected chi connectivity index (χ3v) is 11.4. The van der Waals surface area contributed by atoms with E-state index in [0.29, 0.717) is 6.42 Å². The Morgan fingerprint density at radius 3 is 2.32 bits per heavy atom. The Kier molecular flexibility index (Phi) is 7.39. The molecule has 0 aromatic carbocycles. The van der Waals surface area contributed by atoms with E-state index in [1.807, 2.05) is 39.8 Å². The van der Waals surface area contributed by atoms with E-state index in [-0.39, 0.29) is 69.0 Å². The highest BCUT2D eigenvalue weighted by Crippen LogP contribution is 2.68. The fourth-order valence-electron chi connectivity index (χ4n) is 9.48. The van der Waals surface area contributed by atoms with E-state index in [4.69, 9.17) is 0 Å². The van der Waals surface area contributed by atoms with Gasteiger partial charge >= 0.3 is 0 Å². The molecule has 5 aliphatic carbocycles. The maximum Gasteiger partial charge on any atom is 0.220 e. The molecular formula is C33H48N2O3. The number of nitrogens with zero attached hydrogens (tertiary/aromatic N) is 1. The summed E-state index contributed by atoms with van der Waals surface area (Å²) in [7, 11) is 0. The molecule has 5 aliphatic rings. The lowest BCUT2D eigenvalue weighted by atomic mass is 9.40. The number of hydrogen-bond donors (Lipinski definition) is 1. The molecule has 208 valence electrons. The predicted octanol–water partition coefficient (Wildman–Crippen LogP) is 6.73. The van der Waals surface area contributed by atoms with Crippen LogP contribution < -0.4 is 5.32 Å². The van der Waals surface area contributed by atoms with Crippen LogP contribution in [0, 0.1) is 57.2 Å². The molecule has 0 spiro atoms. The van der Waals surface area contributed by atoms with Crippen LogP contribution in [0.4, 0.5) is 0 Å². The van der Waals surface area contributed by atoms with Crippen molar-refractivity contribution >= 4 is 17.5 Å². The Hall–Kier alpha value is -2.22. The molecule has 3 saturated carbocycles. The highest BCUT2D eigenvalue weighted by atomic mass is 16.2. The van der Waals surface area contributed by atoms with E-state index < -0.39 is 5.41 Å². The lowest BCUT2D eigenvalue weighted by Gasteiger charge is -2.64. The molecule has 1 amide bonds. The van der Waals surface area contributed by atoms with Crippen molar-refractivity contribution in [3.05, 3.63) is 23.3 Å². The van der Waals surface area contributed by atoms with Crippen LogP contribution in [0.25, 0.3) is 0 Å². The standard InChI is InChI=1S/C31H42N2O3.C2H6/c1-7-25(35)33-31-11-9-21-26(22(31)16-28(3,4)12-13-31)23(34)14-24-29(21,5)10-8-20-18(2)27(36)19(17-32)15-30(20,24)6;1-2/h14-15,18,20-22,26H,7-13,16H2,1-6H3,(H,33,35);1-2H3. The molecular weight excluding hydrogens is 472 g/mol. The normalized spacial score (nSPS) is 42.9. The SMILES string of the molecule is CC.CCC(=O)NC12CCC3C(C(=O)C=C4C5(C)C=C(C#N)C(=O)C(C)C5CCC43C)C1CC(C)(C)CC2. The van der Waals surface area contributed by atoms with Gasteiger partial charge in [-0.15, -0.1) is 0 Å². The second-order valence-electron chi connectivity index (χ2n) is 13.8. The number of allylic oxidation sites excluding steroid dienone is 4. The van der Waals surface area contributed by atoms with Gasteiger partial charge in [-0.3, -0.25) is 14.4 Å². The lowest BCUT2D eigenvalue weighted by Crippen LogP contribution is -2.66. The van der Waals surface area contributed by atoms with E-state index in [1.165, 1.54) is 0 Å². The smallest absolute Gasteiger partial charge is 0.220 e. The van der Waals surface area contributed by atoms with Crippen LogP contribution in [0.3, 0.4) is 0 Å². The maximum absolute atomic E-state index is 14.2. The molecule has 8 atom stereocenters. The Balaban J connectivity index is 0.00000164. The number of amides is 1. The van der Waals surface area contributed by atoms with Gasteiger partial charge in [-0.1, -0.05) is 67.0 Å². The average Bonchev–Trinajstić information content (AvgIpc) is 2.88. The second kappa shape index (κ2) is 9.76. The molecule has 8 unspecified atom stereocenters. The van der Waals surface area contributed by atoms with Gasteiger partial charge in [-0.05, 0) is 79.6 Å². The van der Waals surface area contributed by atoms with Crippen molar-refractivity contribution in [1.82, 2.24) is 5.32 Å². The van der Waals surface area contributed by atoms with Gasteiger partial charge in [0.25, 0.3) is 0 Å². The van der Waals surface area contributed by atoms with Crippen LogP contribution in [0.5, 0.6) is 0 Å². The highest BCUT2D eigenvalue weighted by Gasteiger charge is 2.64. The molecule has 5 nitrogen and oxygen atoms in total. The lowest BCUT2D eigenvalue weighted by molar-refractivity contribution is -0.144. The molecule has 0 aliphatic heterocycles. The first-order chi connectivity index (χ1) is 17.8. The van der Waals surface area contributed by atoms with E-state index in [9.17, 15) is 19.6 Å². The maximum atomic E-state index is 14.2. The van der Waals surface area contributed by atoms with Crippen molar-refractivity contribution < 1.29 is 14.4 Å². The van der Waals surface area contributed by atoms with Crippen LogP contribution in [0.1, 0.15) is 107 Å². The second-order valence-corrected chi connectivity index (χ2v) is 13.8. The summed E-state index contributed by atoms with van der Waals surface area (Å²) in [6.07, 6.45) is 11.0. The minimum atomic E-state index is -0.456. The van der Waals surface area contributed by atoms with Gasteiger partial charge in [0.15, 0.2) is 11.6 Å². The van der Waals surface area contributed by atoms with Gasteiger partial charge in [0.1, 0.15) is 6.07 Å². The number of fused-ring (bicyclic) bond motifs is 7. The van der Waals surface area contributed by atoms with E-state index in [0.717, 1.165) is 50.5 Å². The number of rotatable bonds is 2. The minimum Gasteiger partial charge on any atom is -0.350 e. The molecule has 5 rings (SSSR count). The monoisotopic (exact) mass is 520 g/mol. The van der Waals surface area contributed by atoms with Gasteiger partial charge in [0, 0.05) is 29.2 Å². The third kappa shape index (κ3) is 4.13. The summed E-state index contributed by atoms with van der Waals surface area (Å²) in [5.74, 6) is 0.408. The van der Waals surface area contributed by atoms with Gasteiger partial charge < -0.3 is 5.32 Å². The van der Waals surface area contributed by atoms with Crippen molar-refractivity contribution in [1.29, 1.82) is 5.26 Å². The highest BCUT2D eigenvalue weighted by molar-refractivity contribution is 6.02. The molecule has 0 bridgehead atoms. The van der Waals surface area contributed by atoms with Gasteiger partial charge in [-0.25, -0.2) is 0 Å². The topological polar surface area (TPSA) is 87.0 Å². The van der Waals surface area contributed by atoms with E-state index in [2.05, 4.69) is 39.1 Å². The van der Waals surface area contributed by atoms with Gasteiger partial charge in [-0.2, -0.15) is 5.26 Å². The summed E-state index contributed by atoms with van der Waals surface area (Å²) in [5, 5.41) is 13.2. The number of nitrogens with one attached hydrogen (secondary N) is 1. The molecule has 0 heterocycles. The number of carbonyl (C=O) groups excluding carboxylic acids is 3. The van der Waals surface area contributed by atoms with Crippen LogP contribution in [0.15, 0.2) is 23.3 Å². The molecule has 0 radical (unpaired) electrons. The number of nitriles is 1. The predicted molar refractivity (Wildman–Crippen MR) is 150 cm³/mol. The summed E-state index contributed by atoms with van der Waals surface area (Å²) in [6.45, 7) is 17.0. The van der Waals surface area contributed by atoms with Crippen LogP contribution in [-0.4, -0.2) is 23.0 Å². The summed E-state index contributed by atoms with van der Waals surface area (Å²) < 4.78 is 0. The fraction of sp³-hybridized carbons (Fsp3) is 0.758. The Labute approximate surface area is 229 Å². The molecule has 0 saturated heterocycles. The van der Waals surface area contributed by atoms with Crippen molar-refractivity contribution in [2.45, 2.75) is 112 Å². The number of Topliss-reactive ketones (excluding diaryl/α,β-unsaturated/α-hetero) is 1. The molecule has 38 heavy (non-hydrogen) atoms. The van der Waals surface area contributed by atoms with Crippen LogP contribution >= 0.6 is 0 Å². The zero-order valence-electron chi connectivity index (χ0n) is 24.9. The number of hydrogen-bond acceptors (Lipinski definition) is 4. The Morgan fingerprint density at radius 1 is 1.03 bits per heavy atom. The summed E-state index contributed by atoms with van der Waals surface area (Å²) in [6, 6.07) is 2.15. The molecule has 0 aromatic heterocycles.